The van der Waals surface area contributed by atoms with Gasteiger partial charge in [-0.3, -0.25) is 9.36 Å². The highest BCUT2D eigenvalue weighted by molar-refractivity contribution is 8.08. The van der Waals surface area contributed by atoms with Crippen LogP contribution in [0.4, 0.5) is 18.9 Å². The van der Waals surface area contributed by atoms with Crippen LogP contribution in [0.25, 0.3) is 11.1 Å². The van der Waals surface area contributed by atoms with Crippen LogP contribution < -0.4 is 29.0 Å². The van der Waals surface area contributed by atoms with Gasteiger partial charge in [0.25, 0.3) is 10.6 Å². The molecule has 12 heteroatoms. The van der Waals surface area contributed by atoms with Gasteiger partial charge in [0, 0.05) is 18.5 Å². The van der Waals surface area contributed by atoms with Crippen LogP contribution in [0.3, 0.4) is 0 Å². The molecule has 0 bridgehead atoms. The molecule has 5 rings (SSSR count). The van der Waals surface area contributed by atoms with E-state index in [4.69, 9.17) is 9.15 Å². The monoisotopic (exact) mass is 552 g/mol. The van der Waals surface area contributed by atoms with Gasteiger partial charge in [-0.25, -0.2) is 0 Å². The summed E-state index contributed by atoms with van der Waals surface area (Å²) in [4.78, 5) is 16.4. The number of anilines is 1. The topological polar surface area (TPSA) is 51.5 Å². The Kier molecular flexibility index (Phi) is 6.52. The highest BCUT2D eigenvalue weighted by Crippen LogP contribution is 2.46. The van der Waals surface area contributed by atoms with Crippen molar-refractivity contribution >= 4 is 51.2 Å². The fraction of sp³-hybridized carbons (Fsp3) is 0.250. The van der Waals surface area contributed by atoms with E-state index in [-0.39, 0.29) is 17.9 Å². The third kappa shape index (κ3) is 4.48. The molecule has 4 heterocycles. The fourth-order valence-electron chi connectivity index (χ4n) is 3.88. The molecular weight excluding hydrogens is 531 g/mol. The average molecular weight is 553 g/mol. The number of thioether (sulfide) groups is 1. The van der Waals surface area contributed by atoms with E-state index in [1.165, 1.54) is 40.5 Å². The molecule has 0 saturated carbocycles. The van der Waals surface area contributed by atoms with E-state index in [1.807, 2.05) is 48.5 Å². The molecule has 6 nitrogen and oxygen atoms in total. The predicted octanol–water partition coefficient (Wildman–Crippen LogP) is 4.08. The Hall–Kier alpha value is -2.96. The quantitative estimate of drug-likeness (QED) is 0.350. The second-order valence-electron chi connectivity index (χ2n) is 7.90. The molecule has 3 aromatic heterocycles. The molecule has 0 aliphatic carbocycles. The van der Waals surface area contributed by atoms with Crippen molar-refractivity contribution in [1.82, 2.24) is 4.57 Å². The van der Waals surface area contributed by atoms with Crippen molar-refractivity contribution in [3.63, 3.8) is 0 Å². The summed E-state index contributed by atoms with van der Waals surface area (Å²) in [6.07, 6.45) is -0.840. The van der Waals surface area contributed by atoms with Gasteiger partial charge in [-0.05, 0) is 37.3 Å². The SMILES string of the molecule is CCn1c(=O)/c(=C2\Sc3cc(OC)ccc3N2C)s/c1=C\c1scc[n+]1Cc1ccc(C(F)(F)F)o1. The zero-order chi connectivity index (χ0) is 25.6. The normalized spacial score (nSPS) is 15.6. The van der Waals surface area contributed by atoms with E-state index in [0.717, 1.165) is 37.1 Å². The lowest BCUT2D eigenvalue weighted by atomic mass is 10.3. The molecule has 1 aliphatic heterocycles. The van der Waals surface area contributed by atoms with Crippen molar-refractivity contribution in [1.29, 1.82) is 0 Å². The molecule has 0 unspecified atom stereocenters. The first-order valence-corrected chi connectivity index (χ1v) is 13.4. The number of rotatable bonds is 5. The first-order chi connectivity index (χ1) is 17.2. The molecule has 36 heavy (non-hydrogen) atoms. The number of halogens is 3. The number of aromatic nitrogens is 2. The molecule has 0 saturated heterocycles. The largest absolute Gasteiger partial charge is 0.497 e. The van der Waals surface area contributed by atoms with Gasteiger partial charge in [0.15, 0.2) is 12.0 Å². The molecule has 0 atom stereocenters. The number of methoxy groups -OCH3 is 1. The molecule has 4 aromatic rings. The first kappa shape index (κ1) is 24.7. The van der Waals surface area contributed by atoms with Gasteiger partial charge in [-0.2, -0.15) is 17.7 Å². The smallest absolute Gasteiger partial charge is 0.449 e. The van der Waals surface area contributed by atoms with Gasteiger partial charge >= 0.3 is 6.18 Å². The zero-order valence-electron chi connectivity index (χ0n) is 19.5. The molecule has 1 aliphatic rings. The third-order valence-electron chi connectivity index (χ3n) is 5.69. The van der Waals surface area contributed by atoms with Crippen LogP contribution in [0.5, 0.6) is 5.75 Å². The fourth-order valence-corrected chi connectivity index (χ4v) is 7.22. The molecule has 0 radical (unpaired) electrons. The molecule has 1 aromatic carbocycles. The molecular formula is C24H21F3N3O3S3+. The van der Waals surface area contributed by atoms with Gasteiger partial charge in [0.05, 0.1) is 24.3 Å². The third-order valence-corrected chi connectivity index (χ3v) is 9.01. The maximum absolute atomic E-state index is 13.4. The molecule has 0 amide bonds. The second kappa shape index (κ2) is 9.49. The first-order valence-electron chi connectivity index (χ1n) is 10.9. The lowest BCUT2D eigenvalue weighted by Gasteiger charge is -2.12. The Labute approximate surface area is 216 Å². The van der Waals surface area contributed by atoms with Gasteiger partial charge in [-0.15, -0.1) is 11.3 Å². The van der Waals surface area contributed by atoms with Crippen molar-refractivity contribution in [2.75, 3.05) is 19.1 Å². The highest BCUT2D eigenvalue weighted by atomic mass is 32.2. The number of thiazole rings is 2. The standard InChI is InChI=1S/C24H21F3N3O3S3/c1-4-30-20(12-19-29(9-10-34-19)13-15-6-8-18(33-15)24(25,26)27)36-21(22(30)31)23-28(2)16-7-5-14(32-3)11-17(16)35-23/h5-12H,4,13H2,1-3H3/q+1/b23-21+. The predicted molar refractivity (Wildman–Crippen MR) is 135 cm³/mol. The number of furan rings is 1. The summed E-state index contributed by atoms with van der Waals surface area (Å²) in [5.41, 5.74) is 0.928. The van der Waals surface area contributed by atoms with Crippen LogP contribution in [0.2, 0.25) is 0 Å². The van der Waals surface area contributed by atoms with Crippen molar-refractivity contribution in [3.8, 4) is 5.75 Å². The number of fused-ring (bicyclic) bond motifs is 1. The van der Waals surface area contributed by atoms with Crippen LogP contribution in [-0.4, -0.2) is 18.7 Å². The maximum Gasteiger partial charge on any atom is 0.449 e. The van der Waals surface area contributed by atoms with Gasteiger partial charge in [-0.1, -0.05) is 23.1 Å². The summed E-state index contributed by atoms with van der Waals surface area (Å²) in [5, 5.41) is 3.49. The summed E-state index contributed by atoms with van der Waals surface area (Å²) >= 11 is 4.36. The molecule has 0 fully saturated rings. The number of hydrogen-bond acceptors (Lipinski definition) is 7. The Bertz CT molecular complexity index is 1610. The van der Waals surface area contributed by atoms with Crippen LogP contribution in [0.1, 0.15) is 23.5 Å². The minimum atomic E-state index is -4.52. The van der Waals surface area contributed by atoms with Crippen LogP contribution in [-0.2, 0) is 19.3 Å². The van der Waals surface area contributed by atoms with Gasteiger partial charge in [0.1, 0.15) is 20.0 Å². The van der Waals surface area contributed by atoms with E-state index in [1.54, 1.807) is 22.4 Å². The molecule has 0 spiro atoms. The van der Waals surface area contributed by atoms with E-state index >= 15 is 0 Å². The zero-order valence-corrected chi connectivity index (χ0v) is 21.9. The highest BCUT2D eigenvalue weighted by Gasteiger charge is 2.35. The lowest BCUT2D eigenvalue weighted by Crippen LogP contribution is -2.36. The lowest BCUT2D eigenvalue weighted by molar-refractivity contribution is -0.686. The van der Waals surface area contributed by atoms with Crippen molar-refractivity contribution in [2.45, 2.75) is 31.1 Å². The van der Waals surface area contributed by atoms with E-state index in [0.29, 0.717) is 11.1 Å². The number of alkyl halides is 3. The van der Waals surface area contributed by atoms with Crippen molar-refractivity contribution in [3.05, 3.63) is 78.0 Å². The van der Waals surface area contributed by atoms with Crippen LogP contribution in [0, 0.1) is 0 Å². The summed E-state index contributed by atoms with van der Waals surface area (Å²) in [5.74, 6) is -0.0634. The number of ether oxygens (including phenoxy) is 1. The summed E-state index contributed by atoms with van der Waals surface area (Å²) in [6, 6.07) is 8.09. The minimum absolute atomic E-state index is 0.0770. The number of nitrogens with zero attached hydrogens (tertiary/aromatic N) is 3. The summed E-state index contributed by atoms with van der Waals surface area (Å²) in [7, 11) is 3.56. The Morgan fingerprint density at radius 1 is 1.22 bits per heavy atom. The van der Waals surface area contributed by atoms with Gasteiger partial charge < -0.3 is 14.1 Å². The van der Waals surface area contributed by atoms with E-state index in [9.17, 15) is 18.0 Å². The van der Waals surface area contributed by atoms with Crippen molar-refractivity contribution in [2.24, 2.45) is 0 Å². The Balaban J connectivity index is 1.55. The van der Waals surface area contributed by atoms with Gasteiger partial charge in [0.2, 0.25) is 12.3 Å². The molecule has 0 N–H and O–H groups in total. The molecule has 188 valence electrons. The summed E-state index contributed by atoms with van der Waals surface area (Å²) < 4.78 is 53.9. The second-order valence-corrected chi connectivity index (χ2v) is 10.9. The maximum atomic E-state index is 13.4. The Morgan fingerprint density at radius 3 is 2.72 bits per heavy atom. The van der Waals surface area contributed by atoms with Crippen molar-refractivity contribution < 1.29 is 26.9 Å². The van der Waals surface area contributed by atoms with Crippen LogP contribution >= 0.6 is 34.4 Å². The average Bonchev–Trinajstić information content (AvgIpc) is 3.61. The van der Waals surface area contributed by atoms with Crippen LogP contribution in [0.15, 0.2) is 56.0 Å². The minimum Gasteiger partial charge on any atom is -0.497 e. The summed E-state index contributed by atoms with van der Waals surface area (Å²) in [6.45, 7) is 2.55. The van der Waals surface area contributed by atoms with E-state index < -0.39 is 11.9 Å². The Morgan fingerprint density at radius 2 is 2.03 bits per heavy atom. The van der Waals surface area contributed by atoms with E-state index in [2.05, 4.69) is 0 Å². The number of benzene rings is 1. The number of hydrogen-bond donors (Lipinski definition) is 0.